The Morgan fingerprint density at radius 2 is 0.495 bits per heavy atom. The molecule has 7 atom stereocenters. The second-order valence-corrected chi connectivity index (χ2v) is 32.4. The molecule has 0 bridgehead atoms. The lowest BCUT2D eigenvalue weighted by atomic mass is 9.99. The fourth-order valence-corrected chi connectivity index (χ4v) is 13.4. The van der Waals surface area contributed by atoms with E-state index in [1.54, 1.807) is 0 Å². The van der Waals surface area contributed by atoms with Gasteiger partial charge >= 0.3 is 39.5 Å². The van der Waals surface area contributed by atoms with Crippen LogP contribution in [0.5, 0.6) is 0 Å². The molecule has 0 aliphatic rings. The topological polar surface area (TPSA) is 237 Å². The van der Waals surface area contributed by atoms with E-state index in [0.29, 0.717) is 25.7 Å². The number of carbonyl (C=O) groups excluding carboxylic acids is 4. The molecule has 19 heteroatoms. The van der Waals surface area contributed by atoms with E-state index in [0.717, 1.165) is 120 Å². The van der Waals surface area contributed by atoms with Crippen molar-refractivity contribution in [2.24, 2.45) is 23.7 Å². The van der Waals surface area contributed by atoms with Crippen molar-refractivity contribution in [2.45, 2.75) is 414 Å². The number of ether oxygens (including phenoxy) is 4. The van der Waals surface area contributed by atoms with Gasteiger partial charge in [-0.3, -0.25) is 37.3 Å². The first-order valence-corrected chi connectivity index (χ1v) is 43.3. The maximum absolute atomic E-state index is 13.1. The third-order valence-electron chi connectivity index (χ3n) is 18.8. The van der Waals surface area contributed by atoms with Crippen LogP contribution in [0.4, 0.5) is 0 Å². The van der Waals surface area contributed by atoms with Crippen molar-refractivity contribution in [1.82, 2.24) is 0 Å². The van der Waals surface area contributed by atoms with Gasteiger partial charge in [-0.25, -0.2) is 9.13 Å². The molecule has 0 aromatic rings. The molecule has 0 aliphatic heterocycles. The number of phosphoric acid groups is 2. The molecule has 0 heterocycles. The van der Waals surface area contributed by atoms with Gasteiger partial charge in [-0.2, -0.15) is 0 Å². The number of aliphatic hydroxyl groups excluding tert-OH is 1. The van der Waals surface area contributed by atoms with Crippen molar-refractivity contribution < 1.29 is 80.2 Å². The Morgan fingerprint density at radius 1 is 0.289 bits per heavy atom. The summed E-state index contributed by atoms with van der Waals surface area (Å²) in [5.74, 6) is 0.993. The highest BCUT2D eigenvalue weighted by atomic mass is 31.2. The molecule has 0 rings (SSSR count). The summed E-state index contributed by atoms with van der Waals surface area (Å²) in [7, 11) is -9.92. The van der Waals surface area contributed by atoms with Gasteiger partial charge in [0.25, 0.3) is 0 Å². The molecule has 0 amide bonds. The van der Waals surface area contributed by atoms with Gasteiger partial charge in [0, 0.05) is 25.7 Å². The normalized spacial score (nSPS) is 14.6. The largest absolute Gasteiger partial charge is 0.472 e. The summed E-state index contributed by atoms with van der Waals surface area (Å²) in [6.45, 7) is 14.2. The zero-order valence-electron chi connectivity index (χ0n) is 63.7. The summed E-state index contributed by atoms with van der Waals surface area (Å²) in [6.07, 6.45) is 52.7. The number of aliphatic hydroxyl groups is 1. The van der Waals surface area contributed by atoms with Crippen LogP contribution in [-0.2, 0) is 65.4 Å². The third-order valence-corrected chi connectivity index (χ3v) is 20.7. The average Bonchev–Trinajstić information content (AvgIpc) is 1.48. The van der Waals surface area contributed by atoms with Crippen LogP contribution in [0.3, 0.4) is 0 Å². The SMILES string of the molecule is CCC(C)CCCCCCCCCCCCCCCCC(=O)OC[C@H](COP(=O)(O)OC[C@@H](O)COP(=O)(O)OC[C@@H](COC(=O)CCCCCCCCC(C)CC)OC(=O)CCCCCCCCCCCC(C)C)OC(=O)CCCCCCCCCCCCCCCCC(C)C. The predicted octanol–water partition coefficient (Wildman–Crippen LogP) is 22.8. The molecular formula is C78H152O17P2. The molecule has 0 saturated carbocycles. The van der Waals surface area contributed by atoms with Crippen LogP contribution >= 0.6 is 15.6 Å². The second-order valence-electron chi connectivity index (χ2n) is 29.5. The Kier molecular flexibility index (Phi) is 65.9. The maximum atomic E-state index is 13.1. The van der Waals surface area contributed by atoms with E-state index in [4.69, 9.17) is 37.0 Å². The number of phosphoric ester groups is 2. The number of carbonyl (C=O) groups is 4. The third kappa shape index (κ3) is 69.5. The van der Waals surface area contributed by atoms with Crippen molar-refractivity contribution in [3.8, 4) is 0 Å². The molecule has 4 unspecified atom stereocenters. The van der Waals surface area contributed by atoms with Gasteiger partial charge in [0.05, 0.1) is 26.4 Å². The zero-order chi connectivity index (χ0) is 71.7. The van der Waals surface area contributed by atoms with Crippen molar-refractivity contribution in [2.75, 3.05) is 39.6 Å². The highest BCUT2D eigenvalue weighted by Crippen LogP contribution is 2.45. The van der Waals surface area contributed by atoms with Gasteiger partial charge in [0.2, 0.25) is 0 Å². The summed E-state index contributed by atoms with van der Waals surface area (Å²) in [5.41, 5.74) is 0. The summed E-state index contributed by atoms with van der Waals surface area (Å²) < 4.78 is 68.6. The lowest BCUT2D eigenvalue weighted by molar-refractivity contribution is -0.161. The maximum Gasteiger partial charge on any atom is 0.472 e. The first-order chi connectivity index (χ1) is 46.7. The van der Waals surface area contributed by atoms with Crippen LogP contribution in [0.2, 0.25) is 0 Å². The lowest BCUT2D eigenvalue weighted by Gasteiger charge is -2.21. The van der Waals surface area contributed by atoms with Gasteiger partial charge in [0.1, 0.15) is 19.3 Å². The molecule has 97 heavy (non-hydrogen) atoms. The highest BCUT2D eigenvalue weighted by molar-refractivity contribution is 7.47. The summed E-state index contributed by atoms with van der Waals surface area (Å²) in [5, 5.41) is 10.6. The van der Waals surface area contributed by atoms with Crippen LogP contribution < -0.4 is 0 Å². The van der Waals surface area contributed by atoms with Crippen LogP contribution in [0, 0.1) is 23.7 Å². The van der Waals surface area contributed by atoms with Gasteiger partial charge in [-0.15, -0.1) is 0 Å². The fourth-order valence-electron chi connectivity index (χ4n) is 11.8. The van der Waals surface area contributed by atoms with Crippen LogP contribution in [0.15, 0.2) is 0 Å². The molecule has 17 nitrogen and oxygen atoms in total. The minimum absolute atomic E-state index is 0.104. The number of esters is 4. The van der Waals surface area contributed by atoms with Gasteiger partial charge in [-0.05, 0) is 49.4 Å². The van der Waals surface area contributed by atoms with E-state index >= 15 is 0 Å². The van der Waals surface area contributed by atoms with E-state index in [2.05, 4.69) is 55.4 Å². The van der Waals surface area contributed by atoms with Gasteiger partial charge in [0.15, 0.2) is 12.2 Å². The van der Waals surface area contributed by atoms with Crippen LogP contribution in [-0.4, -0.2) is 96.7 Å². The Morgan fingerprint density at radius 3 is 0.732 bits per heavy atom. The quantitative estimate of drug-likeness (QED) is 0.0222. The first kappa shape index (κ1) is 95.1. The van der Waals surface area contributed by atoms with Crippen molar-refractivity contribution >= 4 is 39.5 Å². The molecule has 0 fully saturated rings. The fraction of sp³-hybridized carbons (Fsp3) is 0.949. The summed E-state index contributed by atoms with van der Waals surface area (Å²) in [4.78, 5) is 72.9. The second kappa shape index (κ2) is 67.2. The molecule has 0 aliphatic carbocycles. The summed E-state index contributed by atoms with van der Waals surface area (Å²) >= 11 is 0. The smallest absolute Gasteiger partial charge is 0.462 e. The molecule has 0 aromatic heterocycles. The Labute approximate surface area is 594 Å². The minimum atomic E-state index is -4.96. The van der Waals surface area contributed by atoms with Crippen LogP contribution in [0.25, 0.3) is 0 Å². The molecule has 576 valence electrons. The van der Waals surface area contributed by atoms with Crippen molar-refractivity contribution in [1.29, 1.82) is 0 Å². The van der Waals surface area contributed by atoms with E-state index in [1.165, 1.54) is 193 Å². The van der Waals surface area contributed by atoms with E-state index < -0.39 is 97.5 Å². The molecule has 0 aromatic carbocycles. The lowest BCUT2D eigenvalue weighted by Crippen LogP contribution is -2.30. The van der Waals surface area contributed by atoms with E-state index in [1.807, 2.05) is 0 Å². The predicted molar refractivity (Wildman–Crippen MR) is 395 cm³/mol. The molecule has 0 radical (unpaired) electrons. The number of rotatable bonds is 75. The van der Waals surface area contributed by atoms with Crippen molar-refractivity contribution in [3.63, 3.8) is 0 Å². The minimum Gasteiger partial charge on any atom is -0.462 e. The first-order valence-electron chi connectivity index (χ1n) is 40.3. The molecule has 3 N–H and O–H groups in total. The van der Waals surface area contributed by atoms with Crippen molar-refractivity contribution in [3.05, 3.63) is 0 Å². The Hall–Kier alpha value is -1.94. The van der Waals surface area contributed by atoms with Crippen LogP contribution in [0.1, 0.15) is 396 Å². The highest BCUT2D eigenvalue weighted by Gasteiger charge is 2.30. The number of hydrogen-bond acceptors (Lipinski definition) is 15. The number of unbranched alkanes of at least 4 members (excludes halogenated alkanes) is 39. The summed E-state index contributed by atoms with van der Waals surface area (Å²) in [6, 6.07) is 0. The standard InChI is InChI=1S/C78H152O17P2/c1-9-70(7)56-48-40-32-26-20-16-12-14-17-21-27-33-42-50-58-75(80)88-64-73(94-77(82)60-52-44-34-28-22-18-13-11-15-19-24-30-38-46-54-68(3)4)66-92-96(84,85)90-62-72(79)63-91-97(86,87)93-67-74(65-89-76(81)59-51-43-37-36-41-49-57-71(8)10-2)95-78(83)61-53-45-35-29-23-25-31-39-47-55-69(5)6/h68-74,79H,9-67H2,1-8H3,(H,84,85)(H,86,87)/t70?,71?,72-,73-,74-/m1/s1. The van der Waals surface area contributed by atoms with Gasteiger partial charge < -0.3 is 33.8 Å². The number of hydrogen-bond donors (Lipinski definition) is 3. The Bertz CT molecular complexity index is 1910. The average molecular weight is 1420 g/mol. The zero-order valence-corrected chi connectivity index (χ0v) is 65.5. The van der Waals surface area contributed by atoms with E-state index in [-0.39, 0.29) is 25.7 Å². The molecular weight excluding hydrogens is 1270 g/mol. The van der Waals surface area contributed by atoms with Gasteiger partial charge in [-0.1, -0.05) is 344 Å². The van der Waals surface area contributed by atoms with E-state index in [9.17, 15) is 43.2 Å². The monoisotopic (exact) mass is 1420 g/mol. The Balaban J connectivity index is 5.25. The molecule has 0 spiro atoms. The molecule has 0 saturated heterocycles.